The summed E-state index contributed by atoms with van der Waals surface area (Å²) in [5.74, 6) is 0. The van der Waals surface area contributed by atoms with Crippen LogP contribution in [0.25, 0.3) is 11.0 Å². The van der Waals surface area contributed by atoms with Gasteiger partial charge in [0.15, 0.2) is 11.8 Å². The first-order valence-corrected chi connectivity index (χ1v) is 20.4. The average molecular weight is 884 g/mol. The predicted molar refractivity (Wildman–Crippen MR) is 192 cm³/mol. The molecule has 0 bridgehead atoms. The summed E-state index contributed by atoms with van der Waals surface area (Å²) >= 11 is 0. The Morgan fingerprint density at radius 2 is 1.27 bits per heavy atom. The maximum atomic E-state index is 14.0. The molecular weight excluding hydrogens is 840 g/mol. The van der Waals surface area contributed by atoms with Gasteiger partial charge in [-0.3, -0.25) is 18.5 Å². The lowest BCUT2D eigenvalue weighted by Gasteiger charge is -2.24. The second kappa shape index (κ2) is 21.0. The molecule has 59 heavy (non-hydrogen) atoms. The van der Waals surface area contributed by atoms with E-state index in [0.29, 0.717) is 11.0 Å². The van der Waals surface area contributed by atoms with Crippen molar-refractivity contribution in [1.82, 2.24) is 14.3 Å². The van der Waals surface area contributed by atoms with E-state index >= 15 is 0 Å². The lowest BCUT2D eigenvalue weighted by atomic mass is 10.1. The van der Waals surface area contributed by atoms with E-state index in [2.05, 4.69) is 19.4 Å². The van der Waals surface area contributed by atoms with Crippen LogP contribution in [0.5, 0.6) is 0 Å². The van der Waals surface area contributed by atoms with Crippen molar-refractivity contribution >= 4 is 45.1 Å². The third kappa shape index (κ3) is 13.7. The number of carbonyl (C=O) groups is 3. The number of ether oxygens (including phenoxy) is 7. The number of hydrogen-bond acceptors (Lipinski definition) is 23. The minimum Gasteiger partial charge on any atom is -0.432 e. The summed E-state index contributed by atoms with van der Waals surface area (Å²) in [6.45, 7) is 3.74. The highest BCUT2D eigenvalue weighted by molar-refractivity contribution is 7.62. The first-order chi connectivity index (χ1) is 27.8. The van der Waals surface area contributed by atoms with Crippen molar-refractivity contribution in [2.45, 2.75) is 90.9 Å². The Morgan fingerprint density at radius 3 is 1.80 bits per heavy atom. The van der Waals surface area contributed by atoms with Crippen molar-refractivity contribution in [2.75, 3.05) is 27.0 Å². The van der Waals surface area contributed by atoms with Crippen molar-refractivity contribution in [2.24, 2.45) is 0 Å². The van der Waals surface area contributed by atoms with Crippen LogP contribution in [0.2, 0.25) is 0 Å². The van der Waals surface area contributed by atoms with Crippen molar-refractivity contribution < 1.29 is 93.8 Å². The predicted octanol–water partition coefficient (Wildman–Crippen LogP) is 3.68. The van der Waals surface area contributed by atoms with Crippen LogP contribution in [0, 0.1) is 0 Å². The Labute approximate surface area is 334 Å². The molecule has 0 radical (unpaired) electrons. The lowest BCUT2D eigenvalue weighted by molar-refractivity contribution is -0.0625. The number of para-hydroxylation sites is 1. The zero-order valence-electron chi connectivity index (χ0n) is 32.3. The monoisotopic (exact) mass is 883 g/mol. The van der Waals surface area contributed by atoms with Gasteiger partial charge in [0.1, 0.15) is 24.0 Å². The number of phosphoric acid groups is 2. The van der Waals surface area contributed by atoms with Crippen LogP contribution in [-0.2, 0) is 71.2 Å². The van der Waals surface area contributed by atoms with Gasteiger partial charge in [0.25, 0.3) is 5.56 Å². The summed E-state index contributed by atoms with van der Waals surface area (Å²) in [6.07, 6.45) is -12.1. The van der Waals surface area contributed by atoms with Gasteiger partial charge in [0.05, 0.1) is 31.5 Å². The van der Waals surface area contributed by atoms with E-state index in [1.54, 1.807) is 24.3 Å². The van der Waals surface area contributed by atoms with Gasteiger partial charge in [-0.15, -0.1) is 0 Å². The van der Waals surface area contributed by atoms with Crippen LogP contribution in [0.4, 0.5) is 14.4 Å². The molecule has 1 aliphatic rings. The van der Waals surface area contributed by atoms with Gasteiger partial charge >= 0.3 is 39.8 Å². The first-order valence-electron chi connectivity index (χ1n) is 17.5. The fraction of sp³-hybridized carbons (Fsp3) is 0.562. The third-order valence-corrected chi connectivity index (χ3v) is 10.6. The molecule has 3 heterocycles. The summed E-state index contributed by atoms with van der Waals surface area (Å²) in [6, 6.07) is 7.69. The number of carbonyl (C=O) groups excluding carboxylic acids is 3. The highest BCUT2D eigenvalue weighted by Crippen LogP contribution is 2.66. The lowest BCUT2D eigenvalue weighted by Crippen LogP contribution is -2.43. The molecule has 0 spiro atoms. The Hall–Kier alpha value is -4.68. The molecule has 2 unspecified atom stereocenters. The summed E-state index contributed by atoms with van der Waals surface area (Å²) in [5.41, 5.74) is -1.12. The van der Waals surface area contributed by atoms with Gasteiger partial charge in [-0.25, -0.2) is 41.9 Å². The molecule has 328 valence electrons. The average Bonchev–Trinajstić information content (AvgIpc) is 3.67. The van der Waals surface area contributed by atoms with Crippen molar-refractivity contribution in [1.29, 1.82) is 0 Å². The van der Waals surface area contributed by atoms with Crippen molar-refractivity contribution in [3.63, 3.8) is 0 Å². The SMILES string of the molecule is CC(C)OC(=O)OCOP(=O)(OCOC(=O)OC(C)C)OP(=O)(OCOC(=O)OC(C)C)OC[C@H]1O[C@@H](n2ccc(=O)n(Cc3noc4ccccc34)c2=O)[C@@H](O)C1O. The van der Waals surface area contributed by atoms with Gasteiger partial charge in [0, 0.05) is 17.6 Å². The van der Waals surface area contributed by atoms with Gasteiger partial charge in [-0.1, -0.05) is 17.3 Å². The highest BCUT2D eigenvalue weighted by Gasteiger charge is 2.48. The number of rotatable bonds is 20. The van der Waals surface area contributed by atoms with Gasteiger partial charge in [0.2, 0.25) is 20.4 Å². The summed E-state index contributed by atoms with van der Waals surface area (Å²) < 4.78 is 93.5. The van der Waals surface area contributed by atoms with E-state index in [4.69, 9.17) is 45.9 Å². The molecule has 1 saturated heterocycles. The molecule has 1 aliphatic heterocycles. The number of aromatic nitrogens is 3. The molecule has 25 nitrogen and oxygen atoms in total. The summed E-state index contributed by atoms with van der Waals surface area (Å²) in [4.78, 5) is 62.1. The molecule has 27 heteroatoms. The quantitative estimate of drug-likeness (QED) is 0.0707. The molecule has 2 aromatic heterocycles. The Balaban J connectivity index is 1.55. The largest absolute Gasteiger partial charge is 0.510 e. The van der Waals surface area contributed by atoms with E-state index in [1.165, 1.54) is 41.5 Å². The molecule has 1 aromatic carbocycles. The minimum absolute atomic E-state index is 0.239. The Kier molecular flexibility index (Phi) is 16.7. The van der Waals surface area contributed by atoms with Gasteiger partial charge < -0.3 is 47.9 Å². The molecule has 0 saturated carbocycles. The first kappa shape index (κ1) is 47.0. The molecule has 1 fully saturated rings. The second-order valence-electron chi connectivity index (χ2n) is 12.8. The zero-order chi connectivity index (χ0) is 43.5. The van der Waals surface area contributed by atoms with Crippen LogP contribution >= 0.6 is 15.6 Å². The fourth-order valence-electron chi connectivity index (χ4n) is 4.72. The number of aliphatic hydroxyl groups is 2. The zero-order valence-corrected chi connectivity index (χ0v) is 34.1. The fourth-order valence-corrected chi connectivity index (χ4v) is 7.48. The van der Waals surface area contributed by atoms with Crippen molar-refractivity contribution in [3.8, 4) is 0 Å². The number of fused-ring (bicyclic) bond motifs is 1. The van der Waals surface area contributed by atoms with Crippen LogP contribution in [-0.4, -0.2) is 107 Å². The maximum absolute atomic E-state index is 14.0. The minimum atomic E-state index is -5.46. The standard InChI is InChI=1S/C32H43N3O22P2/c1-18(2)52-30(40)45-15-49-58(43,57-59(44,50-16-46-31(41)53-19(3)4)51-17-47-32(42)54-20(5)6)48-14-24-26(37)27(38)28(55-24)34-12-11-25(36)35(29(34)39)13-22-21-9-7-8-10-23(21)56-33-22/h7-12,18-20,24,26-28,37-38H,13-17H2,1-6H3/t24-,26?,27+,28-,58?/m1/s1. The molecule has 5 atom stereocenters. The smallest absolute Gasteiger partial charge is 0.432 e. The van der Waals surface area contributed by atoms with E-state index in [-0.39, 0.29) is 12.2 Å². The molecule has 2 N–H and O–H groups in total. The number of nitrogens with zero attached hydrogens (tertiary/aromatic N) is 3. The van der Waals surface area contributed by atoms with Gasteiger partial charge in [-0.2, -0.15) is 4.31 Å². The topological polar surface area (TPSA) is 307 Å². The normalized spacial score (nSPS) is 19.2. The van der Waals surface area contributed by atoms with Crippen molar-refractivity contribution in [3.05, 3.63) is 63.1 Å². The summed E-state index contributed by atoms with van der Waals surface area (Å²) in [7, 11) is -10.9. The van der Waals surface area contributed by atoms with Crippen LogP contribution in [0.3, 0.4) is 0 Å². The third-order valence-electron chi connectivity index (χ3n) is 7.22. The number of aliphatic hydroxyl groups excluding tert-OH is 2. The summed E-state index contributed by atoms with van der Waals surface area (Å²) in [5, 5.41) is 26.3. The Morgan fingerprint density at radius 1 is 0.763 bits per heavy atom. The van der Waals surface area contributed by atoms with E-state index in [9.17, 15) is 43.3 Å². The van der Waals surface area contributed by atoms with Crippen LogP contribution in [0.15, 0.2) is 50.6 Å². The van der Waals surface area contributed by atoms with E-state index in [1.807, 2.05) is 0 Å². The highest BCUT2D eigenvalue weighted by atomic mass is 31.3. The number of benzene rings is 1. The molecule has 4 rings (SSSR count). The van der Waals surface area contributed by atoms with Gasteiger partial charge in [-0.05, 0) is 53.7 Å². The van der Waals surface area contributed by atoms with E-state index < -0.39 is 115 Å². The molecule has 0 aliphatic carbocycles. The molecule has 3 aromatic rings. The van der Waals surface area contributed by atoms with Crippen LogP contribution in [0.1, 0.15) is 53.5 Å². The Bertz CT molecular complexity index is 2080. The number of hydrogen-bond donors (Lipinski definition) is 2. The van der Waals surface area contributed by atoms with Crippen LogP contribution < -0.4 is 11.2 Å². The maximum Gasteiger partial charge on any atom is 0.510 e. The number of phosphoric ester groups is 2. The second-order valence-corrected chi connectivity index (χ2v) is 16.3. The molecule has 0 amide bonds. The molecular formula is C32H43N3O22P2. The van der Waals surface area contributed by atoms with E-state index in [0.717, 1.165) is 21.4 Å².